The van der Waals surface area contributed by atoms with E-state index in [4.69, 9.17) is 14.2 Å². The first-order valence-corrected chi connectivity index (χ1v) is 11.3. The SMILES string of the molecule is CCN(CC)CCNC(=O)c1ccc(OCc2ccc(Oc3ccccc3)cc2)cc1OC. The lowest BCUT2D eigenvalue weighted by Gasteiger charge is -2.18. The topological polar surface area (TPSA) is 60.0 Å². The van der Waals surface area contributed by atoms with Crippen LogP contribution in [0.1, 0.15) is 29.8 Å². The van der Waals surface area contributed by atoms with Gasteiger partial charge in [0.25, 0.3) is 5.91 Å². The second kappa shape index (κ2) is 12.5. The molecule has 0 unspecified atom stereocenters. The number of benzene rings is 3. The summed E-state index contributed by atoms with van der Waals surface area (Å²) in [5.74, 6) is 2.53. The maximum Gasteiger partial charge on any atom is 0.255 e. The van der Waals surface area contributed by atoms with Gasteiger partial charge in [0.1, 0.15) is 29.6 Å². The lowest BCUT2D eigenvalue weighted by molar-refractivity contribution is 0.0946. The number of hydrogen-bond donors (Lipinski definition) is 1. The summed E-state index contributed by atoms with van der Waals surface area (Å²) in [5, 5.41) is 2.96. The highest BCUT2D eigenvalue weighted by atomic mass is 16.5. The molecule has 0 bridgehead atoms. The van der Waals surface area contributed by atoms with Crippen molar-refractivity contribution in [2.45, 2.75) is 20.5 Å². The molecule has 3 aromatic rings. The van der Waals surface area contributed by atoms with Crippen LogP contribution in [0.15, 0.2) is 72.8 Å². The molecule has 33 heavy (non-hydrogen) atoms. The summed E-state index contributed by atoms with van der Waals surface area (Å²) < 4.78 is 17.2. The van der Waals surface area contributed by atoms with Crippen molar-refractivity contribution in [3.8, 4) is 23.0 Å². The molecule has 0 aliphatic carbocycles. The third kappa shape index (κ3) is 7.26. The Balaban J connectivity index is 1.54. The Bertz CT molecular complexity index is 1000. The molecule has 0 radical (unpaired) electrons. The first-order chi connectivity index (χ1) is 16.1. The Labute approximate surface area is 196 Å². The third-order valence-electron chi connectivity index (χ3n) is 5.33. The minimum Gasteiger partial charge on any atom is -0.496 e. The van der Waals surface area contributed by atoms with Gasteiger partial charge in [-0.2, -0.15) is 0 Å². The predicted octanol–water partition coefficient (Wildman–Crippen LogP) is 5.14. The highest BCUT2D eigenvalue weighted by molar-refractivity contribution is 5.97. The number of hydrogen-bond acceptors (Lipinski definition) is 5. The van der Waals surface area contributed by atoms with Crippen LogP contribution in [0, 0.1) is 0 Å². The van der Waals surface area contributed by atoms with E-state index in [0.29, 0.717) is 30.2 Å². The van der Waals surface area contributed by atoms with Crippen molar-refractivity contribution in [3.05, 3.63) is 83.9 Å². The molecular formula is C27H32N2O4. The van der Waals surface area contributed by atoms with Gasteiger partial charge in [0.15, 0.2) is 0 Å². The van der Waals surface area contributed by atoms with Gasteiger partial charge in [-0.1, -0.05) is 44.2 Å². The number of nitrogens with one attached hydrogen (secondary N) is 1. The molecule has 0 aliphatic rings. The number of carbonyl (C=O) groups excluding carboxylic acids is 1. The molecule has 6 nitrogen and oxygen atoms in total. The molecule has 0 aliphatic heterocycles. The summed E-state index contributed by atoms with van der Waals surface area (Å²) in [6, 6.07) is 22.7. The number of rotatable bonds is 12. The fourth-order valence-corrected chi connectivity index (χ4v) is 3.36. The quantitative estimate of drug-likeness (QED) is 0.416. The minimum atomic E-state index is -0.153. The maximum absolute atomic E-state index is 12.6. The van der Waals surface area contributed by atoms with Crippen LogP contribution in [0.4, 0.5) is 0 Å². The van der Waals surface area contributed by atoms with Crippen molar-refractivity contribution < 1.29 is 19.0 Å². The summed E-state index contributed by atoms with van der Waals surface area (Å²) in [7, 11) is 1.55. The molecule has 1 amide bonds. The highest BCUT2D eigenvalue weighted by Gasteiger charge is 2.13. The van der Waals surface area contributed by atoms with Gasteiger partial charge in [-0.3, -0.25) is 4.79 Å². The molecule has 0 spiro atoms. The summed E-state index contributed by atoms with van der Waals surface area (Å²) in [4.78, 5) is 14.8. The first kappa shape index (κ1) is 24.1. The van der Waals surface area contributed by atoms with Gasteiger partial charge in [-0.05, 0) is 55.1 Å². The molecule has 6 heteroatoms. The van der Waals surface area contributed by atoms with Crippen molar-refractivity contribution in [1.29, 1.82) is 0 Å². The van der Waals surface area contributed by atoms with Gasteiger partial charge in [0.2, 0.25) is 0 Å². The fraction of sp³-hybridized carbons (Fsp3) is 0.296. The van der Waals surface area contributed by atoms with E-state index in [-0.39, 0.29) is 5.91 Å². The maximum atomic E-state index is 12.6. The average Bonchev–Trinajstić information content (AvgIpc) is 2.86. The van der Waals surface area contributed by atoms with Crippen molar-refractivity contribution in [3.63, 3.8) is 0 Å². The smallest absolute Gasteiger partial charge is 0.255 e. The van der Waals surface area contributed by atoms with Crippen molar-refractivity contribution in [2.24, 2.45) is 0 Å². The standard InChI is InChI=1S/C27H32N2O4/c1-4-29(5-2)18-17-28-27(30)25-16-15-24(19-26(25)31-3)32-20-21-11-13-23(14-12-21)33-22-9-7-6-8-10-22/h6-16,19H,4-5,17-18,20H2,1-3H3,(H,28,30). The Kier molecular flexibility index (Phi) is 9.15. The van der Waals surface area contributed by atoms with E-state index in [2.05, 4.69) is 24.1 Å². The van der Waals surface area contributed by atoms with E-state index in [1.54, 1.807) is 25.3 Å². The van der Waals surface area contributed by atoms with Crippen LogP contribution in [-0.4, -0.2) is 44.1 Å². The van der Waals surface area contributed by atoms with Crippen molar-refractivity contribution >= 4 is 5.91 Å². The molecule has 3 aromatic carbocycles. The van der Waals surface area contributed by atoms with Gasteiger partial charge in [0, 0.05) is 19.2 Å². The van der Waals surface area contributed by atoms with E-state index < -0.39 is 0 Å². The second-order valence-corrected chi connectivity index (χ2v) is 7.49. The summed E-state index contributed by atoms with van der Waals surface area (Å²) in [6.07, 6.45) is 0. The lowest BCUT2D eigenvalue weighted by Crippen LogP contribution is -2.34. The molecular weight excluding hydrogens is 416 g/mol. The van der Waals surface area contributed by atoms with Crippen LogP contribution in [0.5, 0.6) is 23.0 Å². The number of carbonyl (C=O) groups is 1. The zero-order valence-electron chi connectivity index (χ0n) is 19.5. The molecule has 174 valence electrons. The number of likely N-dealkylation sites (N-methyl/N-ethyl adjacent to an activating group) is 1. The van der Waals surface area contributed by atoms with Gasteiger partial charge in [-0.25, -0.2) is 0 Å². The largest absolute Gasteiger partial charge is 0.496 e. The van der Waals surface area contributed by atoms with Gasteiger partial charge in [-0.15, -0.1) is 0 Å². The molecule has 0 heterocycles. The number of amides is 1. The van der Waals surface area contributed by atoms with E-state index in [9.17, 15) is 4.79 Å². The number of methoxy groups -OCH3 is 1. The van der Waals surface area contributed by atoms with Crippen LogP contribution in [0.25, 0.3) is 0 Å². The van der Waals surface area contributed by atoms with Gasteiger partial charge in [0.05, 0.1) is 12.7 Å². The summed E-state index contributed by atoms with van der Waals surface area (Å²) >= 11 is 0. The zero-order valence-corrected chi connectivity index (χ0v) is 19.5. The first-order valence-electron chi connectivity index (χ1n) is 11.3. The van der Waals surface area contributed by atoms with Crippen LogP contribution < -0.4 is 19.5 Å². The van der Waals surface area contributed by atoms with Crippen LogP contribution >= 0.6 is 0 Å². The monoisotopic (exact) mass is 448 g/mol. The Morgan fingerprint density at radius 2 is 1.55 bits per heavy atom. The number of ether oxygens (including phenoxy) is 3. The molecule has 0 aromatic heterocycles. The fourth-order valence-electron chi connectivity index (χ4n) is 3.36. The lowest BCUT2D eigenvalue weighted by atomic mass is 10.1. The van der Waals surface area contributed by atoms with Crippen LogP contribution in [-0.2, 0) is 6.61 Å². The Hall–Kier alpha value is -3.51. The van der Waals surface area contributed by atoms with Gasteiger partial charge < -0.3 is 24.4 Å². The van der Waals surface area contributed by atoms with E-state index in [0.717, 1.165) is 36.7 Å². The third-order valence-corrected chi connectivity index (χ3v) is 5.33. The summed E-state index contributed by atoms with van der Waals surface area (Å²) in [5.41, 5.74) is 1.50. The highest BCUT2D eigenvalue weighted by Crippen LogP contribution is 2.26. The van der Waals surface area contributed by atoms with Crippen LogP contribution in [0.2, 0.25) is 0 Å². The number of para-hydroxylation sites is 1. The van der Waals surface area contributed by atoms with Gasteiger partial charge >= 0.3 is 0 Å². The van der Waals surface area contributed by atoms with Crippen molar-refractivity contribution in [2.75, 3.05) is 33.3 Å². The zero-order chi connectivity index (χ0) is 23.5. The molecule has 0 saturated heterocycles. The number of nitrogens with zero attached hydrogens (tertiary/aromatic N) is 1. The van der Waals surface area contributed by atoms with E-state index >= 15 is 0 Å². The molecule has 0 atom stereocenters. The normalized spacial score (nSPS) is 10.7. The predicted molar refractivity (Wildman–Crippen MR) is 130 cm³/mol. The van der Waals surface area contributed by atoms with E-state index in [1.807, 2.05) is 54.6 Å². The summed E-state index contributed by atoms with van der Waals surface area (Å²) in [6.45, 7) is 7.95. The van der Waals surface area contributed by atoms with Crippen LogP contribution in [0.3, 0.4) is 0 Å². The Morgan fingerprint density at radius 1 is 0.879 bits per heavy atom. The molecule has 0 saturated carbocycles. The second-order valence-electron chi connectivity index (χ2n) is 7.49. The molecule has 3 rings (SSSR count). The molecule has 1 N–H and O–H groups in total. The molecule has 0 fully saturated rings. The minimum absolute atomic E-state index is 0.153. The Morgan fingerprint density at radius 3 is 2.21 bits per heavy atom. The average molecular weight is 449 g/mol. The van der Waals surface area contributed by atoms with Crippen molar-refractivity contribution in [1.82, 2.24) is 10.2 Å². The van der Waals surface area contributed by atoms with E-state index in [1.165, 1.54) is 0 Å².